The number of amides is 1. The van der Waals surface area contributed by atoms with Gasteiger partial charge in [-0.1, -0.05) is 23.1 Å². The van der Waals surface area contributed by atoms with Crippen molar-refractivity contribution in [1.82, 2.24) is 15.1 Å². The van der Waals surface area contributed by atoms with Gasteiger partial charge >= 0.3 is 5.97 Å². The summed E-state index contributed by atoms with van der Waals surface area (Å²) in [7, 11) is 0. The van der Waals surface area contributed by atoms with Crippen LogP contribution in [0.15, 0.2) is 21.1 Å². The van der Waals surface area contributed by atoms with Crippen molar-refractivity contribution in [2.75, 3.05) is 5.75 Å². The van der Waals surface area contributed by atoms with Gasteiger partial charge in [0, 0.05) is 18.1 Å². The molecule has 0 saturated carbocycles. The fourth-order valence-corrected chi connectivity index (χ4v) is 4.96. The molecular formula is C14H14N4O4S2. The number of rotatable bonds is 6. The third-order valence-corrected chi connectivity index (χ3v) is 6.23. The smallest absolute Gasteiger partial charge is 0.352 e. The minimum Gasteiger partial charge on any atom is -0.477 e. The van der Waals surface area contributed by atoms with Crippen LogP contribution in [0.3, 0.4) is 0 Å². The molecule has 0 spiro atoms. The molecule has 2 aliphatic rings. The summed E-state index contributed by atoms with van der Waals surface area (Å²) >= 11 is 2.67. The van der Waals surface area contributed by atoms with Crippen molar-refractivity contribution in [2.45, 2.75) is 29.8 Å². The summed E-state index contributed by atoms with van der Waals surface area (Å²) in [6.07, 6.45) is -0.786. The number of β-lactam (4-membered cyclic amide) rings is 1. The van der Waals surface area contributed by atoms with Crippen molar-refractivity contribution in [3.8, 4) is 6.07 Å². The first-order valence-electron chi connectivity index (χ1n) is 7.20. The number of hydrogen-bond acceptors (Lipinski definition) is 8. The number of aliphatic hydroxyl groups is 1. The first kappa shape index (κ1) is 16.9. The predicted molar refractivity (Wildman–Crippen MR) is 84.8 cm³/mol. The van der Waals surface area contributed by atoms with Gasteiger partial charge in [-0.3, -0.25) is 4.79 Å². The largest absolute Gasteiger partial charge is 0.477 e. The number of fused-ring (bicyclic) bond motifs is 1. The molecule has 2 aliphatic heterocycles. The van der Waals surface area contributed by atoms with Crippen LogP contribution in [0.2, 0.25) is 0 Å². The average Bonchev–Trinajstić information content (AvgIpc) is 3.10. The molecule has 0 bridgehead atoms. The number of hydrogen-bond donors (Lipinski definition) is 2. The fourth-order valence-electron chi connectivity index (χ4n) is 3.37. The first-order valence-corrected chi connectivity index (χ1v) is 9.07. The molecule has 3 rings (SSSR count). The van der Waals surface area contributed by atoms with Gasteiger partial charge in [-0.2, -0.15) is 5.26 Å². The van der Waals surface area contributed by atoms with E-state index in [1.807, 2.05) is 0 Å². The van der Waals surface area contributed by atoms with Crippen LogP contribution in [0.4, 0.5) is 0 Å². The highest BCUT2D eigenvalue weighted by molar-refractivity contribution is 8.01. The summed E-state index contributed by atoms with van der Waals surface area (Å²) in [6, 6.07) is 1.61. The zero-order valence-corrected chi connectivity index (χ0v) is 14.3. The fraction of sp³-hybridized carbons (Fsp3) is 0.500. The van der Waals surface area contributed by atoms with Gasteiger partial charge in [0.25, 0.3) is 0 Å². The second kappa shape index (κ2) is 6.51. The Kier molecular flexibility index (Phi) is 4.58. The van der Waals surface area contributed by atoms with Crippen LogP contribution in [-0.4, -0.2) is 55.1 Å². The van der Waals surface area contributed by atoms with Crippen molar-refractivity contribution < 1.29 is 19.8 Å². The number of aromatic nitrogens is 2. The second-order valence-electron chi connectivity index (χ2n) is 5.61. The normalized spacial score (nSPS) is 26.8. The molecule has 3 heterocycles. The van der Waals surface area contributed by atoms with Crippen molar-refractivity contribution in [1.29, 1.82) is 5.26 Å². The maximum atomic E-state index is 12.3. The Bertz CT molecular complexity index is 740. The number of carbonyl (C=O) groups is 2. The van der Waals surface area contributed by atoms with Gasteiger partial charge in [-0.05, 0) is 12.5 Å². The third-order valence-electron chi connectivity index (χ3n) is 4.32. The highest BCUT2D eigenvalue weighted by atomic mass is 32.2. The SMILES string of the molecule is C[C@@H](O)[C@H]1C(=O)N2C(C(=O)O)=C(CSc3nncs3)[C@@H](CC#N)[C@H]12. The van der Waals surface area contributed by atoms with E-state index in [0.717, 1.165) is 0 Å². The minimum atomic E-state index is -1.19. The zero-order chi connectivity index (χ0) is 17.4. The Labute approximate surface area is 145 Å². The summed E-state index contributed by atoms with van der Waals surface area (Å²) in [4.78, 5) is 25.2. The van der Waals surface area contributed by atoms with Crippen LogP contribution in [0, 0.1) is 23.2 Å². The van der Waals surface area contributed by atoms with Gasteiger partial charge in [0.15, 0.2) is 4.34 Å². The molecule has 1 amide bonds. The van der Waals surface area contributed by atoms with Crippen LogP contribution in [0.25, 0.3) is 0 Å². The van der Waals surface area contributed by atoms with Crippen LogP contribution in [0.1, 0.15) is 13.3 Å². The molecule has 126 valence electrons. The highest BCUT2D eigenvalue weighted by Gasteiger charge is 2.60. The number of aliphatic carboxylic acids is 1. The van der Waals surface area contributed by atoms with Crippen molar-refractivity contribution in [3.63, 3.8) is 0 Å². The average molecular weight is 366 g/mol. The van der Waals surface area contributed by atoms with E-state index < -0.39 is 29.9 Å². The number of carboxylic acids is 1. The minimum absolute atomic E-state index is 0.0563. The number of nitriles is 1. The van der Waals surface area contributed by atoms with Crippen LogP contribution < -0.4 is 0 Å². The number of carbonyl (C=O) groups excluding carboxylic acids is 1. The molecule has 4 atom stereocenters. The number of thioether (sulfide) groups is 1. The molecule has 8 nitrogen and oxygen atoms in total. The topological polar surface area (TPSA) is 127 Å². The van der Waals surface area contributed by atoms with Gasteiger partial charge in [-0.15, -0.1) is 10.2 Å². The zero-order valence-electron chi connectivity index (χ0n) is 12.6. The molecular weight excluding hydrogens is 352 g/mol. The Morgan fingerprint density at radius 1 is 1.62 bits per heavy atom. The van der Waals surface area contributed by atoms with Crippen LogP contribution in [0.5, 0.6) is 0 Å². The Hall–Kier alpha value is -1.96. The summed E-state index contributed by atoms with van der Waals surface area (Å²) < 4.78 is 0.690. The van der Waals surface area contributed by atoms with E-state index in [0.29, 0.717) is 15.7 Å². The maximum absolute atomic E-state index is 12.3. The van der Waals surface area contributed by atoms with E-state index in [1.54, 1.807) is 5.51 Å². The second-order valence-corrected chi connectivity index (χ2v) is 7.66. The van der Waals surface area contributed by atoms with Crippen molar-refractivity contribution >= 4 is 35.0 Å². The van der Waals surface area contributed by atoms with Gasteiger partial charge in [0.05, 0.1) is 24.1 Å². The van der Waals surface area contributed by atoms with Gasteiger partial charge in [-0.25, -0.2) is 4.79 Å². The molecule has 10 heteroatoms. The Morgan fingerprint density at radius 2 is 2.38 bits per heavy atom. The lowest BCUT2D eigenvalue weighted by molar-refractivity contribution is -0.163. The molecule has 0 aliphatic carbocycles. The monoisotopic (exact) mass is 366 g/mol. The molecule has 1 fully saturated rings. The summed E-state index contributed by atoms with van der Waals surface area (Å²) in [5, 5.41) is 36.2. The predicted octanol–water partition coefficient (Wildman–Crippen LogP) is 0.720. The number of nitrogens with zero attached hydrogens (tertiary/aromatic N) is 4. The van der Waals surface area contributed by atoms with E-state index in [-0.39, 0.29) is 18.0 Å². The van der Waals surface area contributed by atoms with E-state index in [9.17, 15) is 19.8 Å². The van der Waals surface area contributed by atoms with Gasteiger partial charge < -0.3 is 15.1 Å². The van der Waals surface area contributed by atoms with Gasteiger partial charge in [0.1, 0.15) is 11.2 Å². The lowest BCUT2D eigenvalue weighted by atomic mass is 9.76. The molecule has 0 unspecified atom stereocenters. The summed E-state index contributed by atoms with van der Waals surface area (Å²) in [6.45, 7) is 1.51. The van der Waals surface area contributed by atoms with Gasteiger partial charge in [0.2, 0.25) is 5.91 Å². The standard InChI is InChI=1S/C14H14N4O4S2/c1-6(19)9-10-7(2-3-15)8(4-23-14-17-16-5-24-14)11(13(21)22)18(10)12(9)20/h5-7,9-10,19H,2,4H2,1H3,(H,21,22)/t6-,7-,9-,10-/m1/s1. The summed E-state index contributed by atoms with van der Waals surface area (Å²) in [5.74, 6) is -2.33. The van der Waals surface area contributed by atoms with Crippen molar-refractivity contribution in [3.05, 3.63) is 16.8 Å². The molecule has 0 radical (unpaired) electrons. The maximum Gasteiger partial charge on any atom is 0.352 e. The molecule has 1 saturated heterocycles. The molecule has 1 aromatic heterocycles. The third kappa shape index (κ3) is 2.58. The number of aliphatic hydroxyl groups excluding tert-OH is 1. The Morgan fingerprint density at radius 3 is 2.92 bits per heavy atom. The van der Waals surface area contributed by atoms with Crippen LogP contribution >= 0.6 is 23.1 Å². The molecule has 24 heavy (non-hydrogen) atoms. The van der Waals surface area contributed by atoms with E-state index in [2.05, 4.69) is 16.3 Å². The Balaban J connectivity index is 1.94. The molecule has 1 aromatic rings. The first-order chi connectivity index (χ1) is 11.5. The van der Waals surface area contributed by atoms with E-state index >= 15 is 0 Å². The lowest BCUT2D eigenvalue weighted by Crippen LogP contribution is -2.63. The molecule has 2 N–H and O–H groups in total. The van der Waals surface area contributed by atoms with E-state index in [1.165, 1.54) is 34.9 Å². The lowest BCUT2D eigenvalue weighted by Gasteiger charge is -2.46. The number of carboxylic acid groups (broad SMARTS) is 1. The van der Waals surface area contributed by atoms with Crippen LogP contribution in [-0.2, 0) is 9.59 Å². The molecule has 0 aromatic carbocycles. The summed E-state index contributed by atoms with van der Waals surface area (Å²) in [5.41, 5.74) is 2.07. The quantitative estimate of drug-likeness (QED) is 0.557. The highest BCUT2D eigenvalue weighted by Crippen LogP contribution is 2.49. The van der Waals surface area contributed by atoms with E-state index in [4.69, 9.17) is 5.26 Å². The van der Waals surface area contributed by atoms with Crippen molar-refractivity contribution in [2.24, 2.45) is 11.8 Å².